The second-order valence-corrected chi connectivity index (χ2v) is 3.77. The van der Waals surface area contributed by atoms with Gasteiger partial charge in [0.1, 0.15) is 0 Å². The number of carbonyl (C=O) groups is 2. The number of hydrogen-bond acceptors (Lipinski definition) is 2. The van der Waals surface area contributed by atoms with Gasteiger partial charge in [0.2, 0.25) is 0 Å². The van der Waals surface area contributed by atoms with Crippen molar-refractivity contribution in [3.8, 4) is 0 Å². The van der Waals surface area contributed by atoms with E-state index < -0.39 is 12.0 Å². The lowest BCUT2D eigenvalue weighted by Gasteiger charge is -2.07. The number of aromatic nitrogens is 1. The van der Waals surface area contributed by atoms with E-state index in [1.807, 2.05) is 18.2 Å². The van der Waals surface area contributed by atoms with Crippen molar-refractivity contribution in [1.29, 1.82) is 0 Å². The van der Waals surface area contributed by atoms with E-state index in [4.69, 9.17) is 5.11 Å². The Kier molecular flexibility index (Phi) is 3.47. The highest BCUT2D eigenvalue weighted by molar-refractivity contribution is 5.99. The molecule has 0 saturated carbocycles. The van der Waals surface area contributed by atoms with Crippen LogP contribution in [0.3, 0.4) is 0 Å². The van der Waals surface area contributed by atoms with Crippen molar-refractivity contribution in [1.82, 2.24) is 10.3 Å². The standard InChI is InChI=1S/C12H13N3O3/c16-10(17)5-7-14-12(18)15-9-3-1-2-8-4-6-13-11(8)9/h1-4,6,13H,5,7H2,(H,16,17)(H2,14,15,18). The summed E-state index contributed by atoms with van der Waals surface area (Å²) in [7, 11) is 0. The van der Waals surface area contributed by atoms with E-state index in [2.05, 4.69) is 15.6 Å². The molecular weight excluding hydrogens is 234 g/mol. The molecule has 2 rings (SSSR count). The van der Waals surface area contributed by atoms with Gasteiger partial charge in [0.05, 0.1) is 17.6 Å². The lowest BCUT2D eigenvalue weighted by molar-refractivity contribution is -0.136. The van der Waals surface area contributed by atoms with Crippen LogP contribution in [0.4, 0.5) is 10.5 Å². The highest BCUT2D eigenvalue weighted by Gasteiger charge is 2.06. The average Bonchev–Trinajstić information content (AvgIpc) is 2.77. The molecule has 2 aromatic rings. The summed E-state index contributed by atoms with van der Waals surface area (Å²) in [6.45, 7) is 0.0991. The summed E-state index contributed by atoms with van der Waals surface area (Å²) in [5, 5.41) is 14.6. The molecule has 6 heteroatoms. The van der Waals surface area contributed by atoms with E-state index in [0.29, 0.717) is 5.69 Å². The maximum Gasteiger partial charge on any atom is 0.319 e. The molecule has 6 nitrogen and oxygen atoms in total. The Labute approximate surface area is 103 Å². The molecule has 1 aromatic heterocycles. The summed E-state index contributed by atoms with van der Waals surface area (Å²) >= 11 is 0. The average molecular weight is 247 g/mol. The Morgan fingerprint density at radius 1 is 1.28 bits per heavy atom. The first-order valence-corrected chi connectivity index (χ1v) is 5.49. The molecule has 0 aliphatic carbocycles. The number of rotatable bonds is 4. The summed E-state index contributed by atoms with van der Waals surface area (Å²) in [6, 6.07) is 7.03. The zero-order valence-corrected chi connectivity index (χ0v) is 9.56. The predicted octanol–water partition coefficient (Wildman–Crippen LogP) is 1.76. The number of urea groups is 1. The first kappa shape index (κ1) is 12.0. The summed E-state index contributed by atoms with van der Waals surface area (Å²) < 4.78 is 0. The van der Waals surface area contributed by atoms with Crippen LogP contribution in [0.25, 0.3) is 10.9 Å². The number of anilines is 1. The van der Waals surface area contributed by atoms with Gasteiger partial charge in [-0.2, -0.15) is 0 Å². The zero-order valence-electron chi connectivity index (χ0n) is 9.56. The minimum absolute atomic E-state index is 0.0971. The number of H-pyrrole nitrogens is 1. The number of benzene rings is 1. The van der Waals surface area contributed by atoms with Crippen LogP contribution in [0.5, 0.6) is 0 Å². The fourth-order valence-electron chi connectivity index (χ4n) is 1.64. The van der Waals surface area contributed by atoms with Crippen molar-refractivity contribution in [2.24, 2.45) is 0 Å². The van der Waals surface area contributed by atoms with Crippen molar-refractivity contribution in [3.05, 3.63) is 30.5 Å². The molecule has 94 valence electrons. The lowest BCUT2D eigenvalue weighted by Crippen LogP contribution is -2.30. The zero-order chi connectivity index (χ0) is 13.0. The summed E-state index contributed by atoms with van der Waals surface area (Å²) in [5.41, 5.74) is 1.50. The molecule has 0 fully saturated rings. The van der Waals surface area contributed by atoms with E-state index in [-0.39, 0.29) is 13.0 Å². The molecule has 0 radical (unpaired) electrons. The molecule has 0 atom stereocenters. The van der Waals surface area contributed by atoms with Crippen LogP contribution in [-0.4, -0.2) is 28.6 Å². The van der Waals surface area contributed by atoms with E-state index >= 15 is 0 Å². The number of para-hydroxylation sites is 1. The molecule has 0 spiro atoms. The van der Waals surface area contributed by atoms with Gasteiger partial charge in [-0.25, -0.2) is 4.79 Å². The van der Waals surface area contributed by atoms with Crippen LogP contribution in [0.2, 0.25) is 0 Å². The maximum atomic E-state index is 11.5. The van der Waals surface area contributed by atoms with Crippen molar-refractivity contribution in [3.63, 3.8) is 0 Å². The smallest absolute Gasteiger partial charge is 0.319 e. The largest absolute Gasteiger partial charge is 0.481 e. The van der Waals surface area contributed by atoms with Crippen LogP contribution in [-0.2, 0) is 4.79 Å². The van der Waals surface area contributed by atoms with Gasteiger partial charge in [0.25, 0.3) is 0 Å². The van der Waals surface area contributed by atoms with Crippen molar-refractivity contribution < 1.29 is 14.7 Å². The van der Waals surface area contributed by atoms with Crippen molar-refractivity contribution in [2.45, 2.75) is 6.42 Å². The van der Waals surface area contributed by atoms with Gasteiger partial charge in [0.15, 0.2) is 0 Å². The molecular formula is C12H13N3O3. The highest BCUT2D eigenvalue weighted by Crippen LogP contribution is 2.21. The number of carboxylic acid groups (broad SMARTS) is 1. The number of amides is 2. The van der Waals surface area contributed by atoms with Gasteiger partial charge in [-0.05, 0) is 12.1 Å². The van der Waals surface area contributed by atoms with Gasteiger partial charge in [-0.3, -0.25) is 4.79 Å². The molecule has 0 bridgehead atoms. The van der Waals surface area contributed by atoms with Crippen molar-refractivity contribution >= 4 is 28.6 Å². The second kappa shape index (κ2) is 5.22. The summed E-state index contributed by atoms with van der Waals surface area (Å²) in [6.07, 6.45) is 1.69. The van der Waals surface area contributed by atoms with Crippen LogP contribution in [0.1, 0.15) is 6.42 Å². The van der Waals surface area contributed by atoms with Crippen LogP contribution in [0.15, 0.2) is 30.5 Å². The first-order valence-electron chi connectivity index (χ1n) is 5.49. The van der Waals surface area contributed by atoms with Gasteiger partial charge in [-0.1, -0.05) is 12.1 Å². The quantitative estimate of drug-likeness (QED) is 0.663. The highest BCUT2D eigenvalue weighted by atomic mass is 16.4. The number of carboxylic acids is 1. The summed E-state index contributed by atoms with van der Waals surface area (Å²) in [5.74, 6) is -0.943. The predicted molar refractivity (Wildman–Crippen MR) is 67.6 cm³/mol. The number of nitrogens with one attached hydrogen (secondary N) is 3. The molecule has 0 unspecified atom stereocenters. The van der Waals surface area contributed by atoms with Gasteiger partial charge in [0, 0.05) is 18.1 Å². The fraction of sp³-hybridized carbons (Fsp3) is 0.167. The fourth-order valence-corrected chi connectivity index (χ4v) is 1.64. The molecule has 1 heterocycles. The lowest BCUT2D eigenvalue weighted by atomic mass is 10.2. The van der Waals surface area contributed by atoms with Gasteiger partial charge in [-0.15, -0.1) is 0 Å². The molecule has 2 amide bonds. The van der Waals surface area contributed by atoms with Crippen LogP contribution in [0, 0.1) is 0 Å². The third-order valence-electron chi connectivity index (χ3n) is 2.46. The summed E-state index contributed by atoms with van der Waals surface area (Å²) in [4.78, 5) is 24.9. The van der Waals surface area contributed by atoms with E-state index in [9.17, 15) is 9.59 Å². The molecule has 0 aliphatic heterocycles. The SMILES string of the molecule is O=C(O)CCNC(=O)Nc1cccc2cc[nH]c12. The molecule has 0 saturated heterocycles. The van der Waals surface area contributed by atoms with Crippen molar-refractivity contribution in [2.75, 3.05) is 11.9 Å². The minimum Gasteiger partial charge on any atom is -0.481 e. The Morgan fingerprint density at radius 2 is 2.11 bits per heavy atom. The van der Waals surface area contributed by atoms with Crippen LogP contribution >= 0.6 is 0 Å². The number of aromatic amines is 1. The monoisotopic (exact) mass is 247 g/mol. The maximum absolute atomic E-state index is 11.5. The minimum atomic E-state index is -0.943. The van der Waals surface area contributed by atoms with E-state index in [1.165, 1.54) is 0 Å². The molecule has 18 heavy (non-hydrogen) atoms. The Morgan fingerprint density at radius 3 is 2.89 bits per heavy atom. The molecule has 1 aromatic carbocycles. The Hall–Kier alpha value is -2.50. The number of carbonyl (C=O) groups excluding carboxylic acids is 1. The Bertz CT molecular complexity index is 577. The third-order valence-corrected chi connectivity index (χ3v) is 2.46. The van der Waals surface area contributed by atoms with Crippen LogP contribution < -0.4 is 10.6 Å². The second-order valence-electron chi connectivity index (χ2n) is 3.77. The van der Waals surface area contributed by atoms with E-state index in [1.54, 1.807) is 12.3 Å². The Balaban J connectivity index is 1.98. The number of aliphatic carboxylic acids is 1. The first-order chi connectivity index (χ1) is 8.66. The number of fused-ring (bicyclic) bond motifs is 1. The normalized spacial score (nSPS) is 10.2. The molecule has 4 N–H and O–H groups in total. The van der Waals surface area contributed by atoms with E-state index in [0.717, 1.165) is 10.9 Å². The molecule has 0 aliphatic rings. The number of hydrogen-bond donors (Lipinski definition) is 4. The van der Waals surface area contributed by atoms with Gasteiger partial charge < -0.3 is 20.7 Å². The topological polar surface area (TPSA) is 94.2 Å². The van der Waals surface area contributed by atoms with Gasteiger partial charge >= 0.3 is 12.0 Å². The third kappa shape index (κ3) is 2.79.